The summed E-state index contributed by atoms with van der Waals surface area (Å²) in [4.78, 5) is 8.28. The van der Waals surface area contributed by atoms with Gasteiger partial charge in [0.05, 0.1) is 19.0 Å². The van der Waals surface area contributed by atoms with Gasteiger partial charge in [-0.2, -0.15) is 0 Å². The summed E-state index contributed by atoms with van der Waals surface area (Å²) in [6.45, 7) is 2.68. The van der Waals surface area contributed by atoms with Crippen molar-refractivity contribution in [2.24, 2.45) is 0 Å². The van der Waals surface area contributed by atoms with Crippen LogP contribution in [0.4, 0.5) is 4.39 Å². The van der Waals surface area contributed by atoms with Gasteiger partial charge in [-0.25, -0.2) is 9.37 Å². The van der Waals surface area contributed by atoms with E-state index in [1.54, 1.807) is 19.4 Å². The highest BCUT2D eigenvalue weighted by molar-refractivity contribution is 5.25. The van der Waals surface area contributed by atoms with Crippen LogP contribution in [-0.4, -0.2) is 17.1 Å². The van der Waals surface area contributed by atoms with Crippen LogP contribution in [0, 0.1) is 5.82 Å². The van der Waals surface area contributed by atoms with Gasteiger partial charge in [-0.3, -0.25) is 4.98 Å². The van der Waals surface area contributed by atoms with E-state index >= 15 is 0 Å². The zero-order chi connectivity index (χ0) is 14.4. The number of nitrogens with zero attached hydrogens (tertiary/aromatic N) is 2. The Morgan fingerprint density at radius 2 is 2.15 bits per heavy atom. The molecule has 0 aromatic carbocycles. The lowest BCUT2D eigenvalue weighted by molar-refractivity contribution is 0.387. The lowest BCUT2D eigenvalue weighted by atomic mass is 10.1. The molecule has 5 heteroatoms. The molecule has 2 rings (SSSR count). The van der Waals surface area contributed by atoms with E-state index in [0.717, 1.165) is 17.7 Å². The summed E-state index contributed by atoms with van der Waals surface area (Å²) in [5.74, 6) is 0.291. The Labute approximate surface area is 118 Å². The first-order valence-corrected chi connectivity index (χ1v) is 6.57. The zero-order valence-electron chi connectivity index (χ0n) is 11.6. The van der Waals surface area contributed by atoms with E-state index in [4.69, 9.17) is 4.74 Å². The molecule has 20 heavy (non-hydrogen) atoms. The maximum atomic E-state index is 12.9. The first-order valence-electron chi connectivity index (χ1n) is 6.57. The summed E-state index contributed by atoms with van der Waals surface area (Å²) < 4.78 is 18.1. The predicted octanol–water partition coefficient (Wildman–Crippen LogP) is 2.87. The fourth-order valence-electron chi connectivity index (χ4n) is 2.03. The van der Waals surface area contributed by atoms with E-state index in [1.807, 2.05) is 12.1 Å². The summed E-state index contributed by atoms with van der Waals surface area (Å²) in [7, 11) is 1.60. The fraction of sp³-hybridized carbons (Fsp3) is 0.333. The van der Waals surface area contributed by atoms with Crippen LogP contribution in [0.2, 0.25) is 0 Å². The lowest BCUT2D eigenvalue weighted by Gasteiger charge is -2.17. The van der Waals surface area contributed by atoms with Gasteiger partial charge >= 0.3 is 0 Å². The molecule has 0 aliphatic heterocycles. The molecular formula is C15H18FN3O. The van der Waals surface area contributed by atoms with Crippen molar-refractivity contribution in [2.45, 2.75) is 25.9 Å². The number of pyridine rings is 2. The van der Waals surface area contributed by atoms with Crippen LogP contribution in [-0.2, 0) is 6.54 Å². The Balaban J connectivity index is 2.05. The van der Waals surface area contributed by atoms with Crippen LogP contribution < -0.4 is 10.1 Å². The summed E-state index contributed by atoms with van der Waals surface area (Å²) >= 11 is 0. The molecule has 2 heterocycles. The molecule has 0 aliphatic carbocycles. The van der Waals surface area contributed by atoms with Crippen molar-refractivity contribution in [3.63, 3.8) is 0 Å². The van der Waals surface area contributed by atoms with Crippen molar-refractivity contribution in [1.29, 1.82) is 0 Å². The number of nitrogens with one attached hydrogen (secondary N) is 1. The van der Waals surface area contributed by atoms with Crippen molar-refractivity contribution >= 4 is 0 Å². The quantitative estimate of drug-likeness (QED) is 0.880. The van der Waals surface area contributed by atoms with E-state index < -0.39 is 0 Å². The maximum absolute atomic E-state index is 12.9. The average Bonchev–Trinajstić information content (AvgIpc) is 2.50. The minimum atomic E-state index is -0.322. The summed E-state index contributed by atoms with van der Waals surface area (Å²) in [5.41, 5.74) is 1.81. The van der Waals surface area contributed by atoms with Crippen LogP contribution in [0.5, 0.6) is 5.88 Å². The van der Waals surface area contributed by atoms with Crippen LogP contribution in [0.25, 0.3) is 0 Å². The molecule has 4 nitrogen and oxygen atoms in total. The fourth-order valence-corrected chi connectivity index (χ4v) is 2.03. The molecule has 0 saturated carbocycles. The van der Waals surface area contributed by atoms with E-state index in [-0.39, 0.29) is 11.9 Å². The second-order valence-corrected chi connectivity index (χ2v) is 4.41. The SMILES string of the molecule is CCC(NCc1cccnc1OC)c1ccc(F)cn1. The van der Waals surface area contributed by atoms with Crippen molar-refractivity contribution in [3.05, 3.63) is 53.7 Å². The van der Waals surface area contributed by atoms with E-state index in [9.17, 15) is 4.39 Å². The maximum Gasteiger partial charge on any atom is 0.217 e. The molecule has 2 aromatic rings. The normalized spacial score (nSPS) is 12.2. The van der Waals surface area contributed by atoms with Gasteiger partial charge in [-0.1, -0.05) is 13.0 Å². The van der Waals surface area contributed by atoms with Gasteiger partial charge in [0, 0.05) is 24.3 Å². The second kappa shape index (κ2) is 6.96. The topological polar surface area (TPSA) is 47.0 Å². The molecule has 0 aliphatic rings. The third kappa shape index (κ3) is 3.51. The van der Waals surface area contributed by atoms with Crippen molar-refractivity contribution in [3.8, 4) is 5.88 Å². The van der Waals surface area contributed by atoms with Crippen molar-refractivity contribution in [1.82, 2.24) is 15.3 Å². The Hall–Kier alpha value is -2.01. The highest BCUT2D eigenvalue weighted by Gasteiger charge is 2.12. The predicted molar refractivity (Wildman–Crippen MR) is 74.9 cm³/mol. The van der Waals surface area contributed by atoms with Gasteiger partial charge in [-0.05, 0) is 24.6 Å². The smallest absolute Gasteiger partial charge is 0.217 e. The van der Waals surface area contributed by atoms with Gasteiger partial charge in [-0.15, -0.1) is 0 Å². The molecule has 0 fully saturated rings. The molecular weight excluding hydrogens is 257 g/mol. The molecule has 0 spiro atoms. The van der Waals surface area contributed by atoms with Crippen LogP contribution in [0.1, 0.15) is 30.6 Å². The Morgan fingerprint density at radius 1 is 1.30 bits per heavy atom. The molecule has 1 atom stereocenters. The minimum Gasteiger partial charge on any atom is -0.481 e. The Morgan fingerprint density at radius 3 is 2.80 bits per heavy atom. The number of aromatic nitrogens is 2. The number of methoxy groups -OCH3 is 1. The summed E-state index contributed by atoms with van der Waals surface area (Å²) in [5, 5.41) is 3.39. The van der Waals surface area contributed by atoms with E-state index in [1.165, 1.54) is 12.3 Å². The lowest BCUT2D eigenvalue weighted by Crippen LogP contribution is -2.21. The zero-order valence-corrected chi connectivity index (χ0v) is 11.6. The molecule has 1 unspecified atom stereocenters. The van der Waals surface area contributed by atoms with Crippen LogP contribution >= 0.6 is 0 Å². The standard InChI is InChI=1S/C15H18FN3O/c1-3-13(14-7-6-12(16)10-19-14)18-9-11-5-4-8-17-15(11)20-2/h4-8,10,13,18H,3,9H2,1-2H3. The largest absolute Gasteiger partial charge is 0.481 e. The molecule has 2 aromatic heterocycles. The molecule has 0 bridgehead atoms. The molecule has 1 N–H and O–H groups in total. The third-order valence-electron chi connectivity index (χ3n) is 3.10. The summed E-state index contributed by atoms with van der Waals surface area (Å²) in [6.07, 6.45) is 3.80. The minimum absolute atomic E-state index is 0.0699. The molecule has 0 radical (unpaired) electrons. The number of rotatable bonds is 6. The first-order chi connectivity index (χ1) is 9.74. The van der Waals surface area contributed by atoms with Gasteiger partial charge in [0.1, 0.15) is 5.82 Å². The second-order valence-electron chi connectivity index (χ2n) is 4.41. The Bertz CT molecular complexity index is 545. The number of ether oxygens (including phenoxy) is 1. The average molecular weight is 275 g/mol. The first kappa shape index (κ1) is 14.4. The van der Waals surface area contributed by atoms with Crippen LogP contribution in [0.3, 0.4) is 0 Å². The Kier molecular flexibility index (Phi) is 5.01. The number of hydrogen-bond acceptors (Lipinski definition) is 4. The van der Waals surface area contributed by atoms with Gasteiger partial charge in [0.15, 0.2) is 0 Å². The van der Waals surface area contributed by atoms with Crippen molar-refractivity contribution in [2.75, 3.05) is 7.11 Å². The molecule has 0 saturated heterocycles. The van der Waals surface area contributed by atoms with Gasteiger partial charge < -0.3 is 10.1 Å². The van der Waals surface area contributed by atoms with Gasteiger partial charge in [0.25, 0.3) is 0 Å². The highest BCUT2D eigenvalue weighted by Crippen LogP contribution is 2.18. The molecule has 0 amide bonds. The van der Waals surface area contributed by atoms with E-state index in [0.29, 0.717) is 12.4 Å². The summed E-state index contributed by atoms with van der Waals surface area (Å²) in [6, 6.07) is 7.04. The monoisotopic (exact) mass is 275 g/mol. The van der Waals surface area contributed by atoms with Crippen LogP contribution in [0.15, 0.2) is 36.7 Å². The molecule has 106 valence electrons. The number of hydrogen-bond donors (Lipinski definition) is 1. The van der Waals surface area contributed by atoms with E-state index in [2.05, 4.69) is 22.2 Å². The third-order valence-corrected chi connectivity index (χ3v) is 3.10. The highest BCUT2D eigenvalue weighted by atomic mass is 19.1. The number of halogens is 1. The van der Waals surface area contributed by atoms with Crippen molar-refractivity contribution < 1.29 is 9.13 Å². The van der Waals surface area contributed by atoms with Gasteiger partial charge in [0.2, 0.25) is 5.88 Å².